The van der Waals surface area contributed by atoms with Gasteiger partial charge < -0.3 is 10.1 Å². The molecule has 0 heterocycles. The lowest BCUT2D eigenvalue weighted by molar-refractivity contribution is 0.0143. The zero-order valence-corrected chi connectivity index (χ0v) is 12.6. The first-order valence-electron chi connectivity index (χ1n) is 7.21. The predicted molar refractivity (Wildman–Crippen MR) is 78.4 cm³/mol. The number of rotatable bonds is 9. The van der Waals surface area contributed by atoms with Crippen molar-refractivity contribution >= 4 is 0 Å². The summed E-state index contributed by atoms with van der Waals surface area (Å²) in [6.07, 6.45) is -0.645. The lowest BCUT2D eigenvalue weighted by Gasteiger charge is -2.22. The number of ether oxygens (including phenoxy) is 1. The van der Waals surface area contributed by atoms with Gasteiger partial charge in [-0.1, -0.05) is 25.1 Å². The largest absolute Gasteiger partial charge is 0.375 e. The van der Waals surface area contributed by atoms with Crippen molar-refractivity contribution < 1.29 is 13.5 Å². The molecule has 1 rings (SSSR count). The van der Waals surface area contributed by atoms with Crippen LogP contribution in [0, 0.1) is 13.8 Å². The fraction of sp³-hybridized carbons (Fsp3) is 0.625. The lowest BCUT2D eigenvalue weighted by atomic mass is 9.95. The molecule has 0 fully saturated rings. The van der Waals surface area contributed by atoms with E-state index in [2.05, 4.69) is 38.2 Å². The second-order valence-electron chi connectivity index (χ2n) is 5.05. The SMILES string of the molecule is CCCNC(CCOCC(F)F)c1cccc(C)c1C. The van der Waals surface area contributed by atoms with Crippen LogP contribution in [0.2, 0.25) is 0 Å². The molecule has 0 spiro atoms. The zero-order valence-electron chi connectivity index (χ0n) is 12.6. The normalized spacial score (nSPS) is 12.9. The van der Waals surface area contributed by atoms with Crippen molar-refractivity contribution in [1.29, 1.82) is 0 Å². The summed E-state index contributed by atoms with van der Waals surface area (Å²) < 4.78 is 29.1. The molecule has 1 atom stereocenters. The molecular formula is C16H25F2NO. The molecule has 0 bridgehead atoms. The van der Waals surface area contributed by atoms with Gasteiger partial charge >= 0.3 is 0 Å². The molecule has 20 heavy (non-hydrogen) atoms. The second kappa shape index (κ2) is 9.03. The van der Waals surface area contributed by atoms with Crippen LogP contribution in [-0.4, -0.2) is 26.2 Å². The Morgan fingerprint density at radius 1 is 1.25 bits per heavy atom. The molecule has 1 N–H and O–H groups in total. The van der Waals surface area contributed by atoms with E-state index in [4.69, 9.17) is 4.74 Å². The van der Waals surface area contributed by atoms with Gasteiger partial charge in [0.05, 0.1) is 0 Å². The summed E-state index contributed by atoms with van der Waals surface area (Å²) in [6.45, 7) is 7.08. The zero-order chi connectivity index (χ0) is 15.0. The Labute approximate surface area is 120 Å². The highest BCUT2D eigenvalue weighted by Gasteiger charge is 2.14. The maximum atomic E-state index is 12.1. The molecule has 0 radical (unpaired) electrons. The Hall–Kier alpha value is -1.00. The summed E-state index contributed by atoms with van der Waals surface area (Å²) in [5.41, 5.74) is 3.74. The Balaban J connectivity index is 2.65. The number of benzene rings is 1. The van der Waals surface area contributed by atoms with Crippen molar-refractivity contribution in [3.05, 3.63) is 34.9 Å². The maximum Gasteiger partial charge on any atom is 0.261 e. The van der Waals surface area contributed by atoms with E-state index in [9.17, 15) is 8.78 Å². The summed E-state index contributed by atoms with van der Waals surface area (Å²) in [4.78, 5) is 0. The Kier molecular flexibility index (Phi) is 7.70. The smallest absolute Gasteiger partial charge is 0.261 e. The standard InChI is InChI=1S/C16H25F2NO/c1-4-9-19-15(8-10-20-11-16(17)18)14-7-5-6-12(2)13(14)3/h5-7,15-16,19H,4,8-11H2,1-3H3. The lowest BCUT2D eigenvalue weighted by Crippen LogP contribution is -2.24. The van der Waals surface area contributed by atoms with Crippen LogP contribution in [0.5, 0.6) is 0 Å². The molecule has 0 aromatic heterocycles. The molecule has 1 aromatic rings. The van der Waals surface area contributed by atoms with Crippen molar-refractivity contribution in [1.82, 2.24) is 5.32 Å². The van der Waals surface area contributed by atoms with Crippen molar-refractivity contribution in [2.24, 2.45) is 0 Å². The van der Waals surface area contributed by atoms with Gasteiger partial charge in [-0.05, 0) is 49.9 Å². The van der Waals surface area contributed by atoms with Gasteiger partial charge in [0.2, 0.25) is 0 Å². The van der Waals surface area contributed by atoms with Crippen molar-refractivity contribution in [3.8, 4) is 0 Å². The topological polar surface area (TPSA) is 21.3 Å². The van der Waals surface area contributed by atoms with Gasteiger partial charge in [0.1, 0.15) is 6.61 Å². The molecule has 0 saturated carbocycles. The first kappa shape index (κ1) is 17.1. The molecule has 2 nitrogen and oxygen atoms in total. The van der Waals surface area contributed by atoms with E-state index in [1.54, 1.807) is 0 Å². The third kappa shape index (κ3) is 5.55. The van der Waals surface area contributed by atoms with E-state index in [1.807, 2.05) is 6.07 Å². The molecule has 1 aromatic carbocycles. The number of nitrogens with one attached hydrogen (secondary N) is 1. The summed E-state index contributed by atoms with van der Waals surface area (Å²) in [5, 5.41) is 3.47. The average molecular weight is 285 g/mol. The minimum Gasteiger partial charge on any atom is -0.375 e. The third-order valence-corrected chi connectivity index (χ3v) is 3.46. The molecule has 1 unspecified atom stereocenters. The second-order valence-corrected chi connectivity index (χ2v) is 5.05. The molecule has 0 amide bonds. The monoisotopic (exact) mass is 285 g/mol. The number of aryl methyl sites for hydroxylation is 1. The first-order chi connectivity index (χ1) is 9.56. The van der Waals surface area contributed by atoms with Gasteiger partial charge in [0.25, 0.3) is 6.43 Å². The number of halogens is 2. The minimum atomic E-state index is -2.39. The van der Waals surface area contributed by atoms with E-state index >= 15 is 0 Å². The van der Waals surface area contributed by atoms with Crippen LogP contribution >= 0.6 is 0 Å². The maximum absolute atomic E-state index is 12.1. The first-order valence-corrected chi connectivity index (χ1v) is 7.21. The van der Waals surface area contributed by atoms with Gasteiger partial charge in [-0.3, -0.25) is 0 Å². The number of hydrogen-bond donors (Lipinski definition) is 1. The minimum absolute atomic E-state index is 0.160. The van der Waals surface area contributed by atoms with Crippen LogP contribution < -0.4 is 5.32 Å². The van der Waals surface area contributed by atoms with Crippen molar-refractivity contribution in [2.45, 2.75) is 46.1 Å². The molecule has 114 valence electrons. The average Bonchev–Trinajstić information content (AvgIpc) is 2.41. The summed E-state index contributed by atoms with van der Waals surface area (Å²) >= 11 is 0. The van der Waals surface area contributed by atoms with Gasteiger partial charge in [0, 0.05) is 12.6 Å². The Morgan fingerprint density at radius 2 is 2.00 bits per heavy atom. The van der Waals surface area contributed by atoms with E-state index in [0.717, 1.165) is 13.0 Å². The highest BCUT2D eigenvalue weighted by Crippen LogP contribution is 2.23. The van der Waals surface area contributed by atoms with Crippen LogP contribution in [0.1, 0.15) is 42.5 Å². The molecule has 0 saturated heterocycles. The number of hydrogen-bond acceptors (Lipinski definition) is 2. The number of alkyl halides is 2. The van der Waals surface area contributed by atoms with Crippen molar-refractivity contribution in [3.63, 3.8) is 0 Å². The fourth-order valence-corrected chi connectivity index (χ4v) is 2.21. The van der Waals surface area contributed by atoms with Crippen LogP contribution in [0.15, 0.2) is 18.2 Å². The quantitative estimate of drug-likeness (QED) is 0.692. The van der Waals surface area contributed by atoms with E-state index in [1.165, 1.54) is 16.7 Å². The molecule has 0 aliphatic rings. The highest BCUT2D eigenvalue weighted by molar-refractivity contribution is 5.35. The van der Waals surface area contributed by atoms with Crippen LogP contribution in [0.25, 0.3) is 0 Å². The van der Waals surface area contributed by atoms with Gasteiger partial charge in [-0.25, -0.2) is 8.78 Å². The van der Waals surface area contributed by atoms with Gasteiger partial charge in [-0.15, -0.1) is 0 Å². The van der Waals surface area contributed by atoms with E-state index < -0.39 is 13.0 Å². The van der Waals surface area contributed by atoms with Crippen LogP contribution in [0.3, 0.4) is 0 Å². The molecule has 0 aliphatic heterocycles. The fourth-order valence-electron chi connectivity index (χ4n) is 2.21. The predicted octanol–water partition coefficient (Wildman–Crippen LogP) is 4.02. The van der Waals surface area contributed by atoms with E-state index in [0.29, 0.717) is 13.0 Å². The van der Waals surface area contributed by atoms with Gasteiger partial charge in [0.15, 0.2) is 0 Å². The Morgan fingerprint density at radius 3 is 2.65 bits per heavy atom. The third-order valence-electron chi connectivity index (χ3n) is 3.46. The van der Waals surface area contributed by atoms with Crippen LogP contribution in [0.4, 0.5) is 8.78 Å². The summed E-state index contributed by atoms with van der Waals surface area (Å²) in [7, 11) is 0. The summed E-state index contributed by atoms with van der Waals surface area (Å²) in [5.74, 6) is 0. The van der Waals surface area contributed by atoms with Crippen molar-refractivity contribution in [2.75, 3.05) is 19.8 Å². The highest BCUT2D eigenvalue weighted by atomic mass is 19.3. The molecular weight excluding hydrogens is 260 g/mol. The summed E-state index contributed by atoms with van der Waals surface area (Å²) in [6, 6.07) is 6.39. The molecule has 4 heteroatoms. The van der Waals surface area contributed by atoms with Crippen LogP contribution in [-0.2, 0) is 4.74 Å². The Bertz CT molecular complexity index is 396. The van der Waals surface area contributed by atoms with Gasteiger partial charge in [-0.2, -0.15) is 0 Å². The molecule has 0 aliphatic carbocycles. The van der Waals surface area contributed by atoms with E-state index in [-0.39, 0.29) is 6.04 Å².